The summed E-state index contributed by atoms with van der Waals surface area (Å²) in [5.41, 5.74) is 8.13. The minimum absolute atomic E-state index is 0.112. The van der Waals surface area contributed by atoms with Crippen molar-refractivity contribution in [2.45, 2.75) is 22.6 Å². The second-order valence-corrected chi connectivity index (χ2v) is 6.63. The average molecular weight is 302 g/mol. The molecule has 1 aliphatic rings. The molecule has 2 aromatic rings. The van der Waals surface area contributed by atoms with Gasteiger partial charge in [0.15, 0.2) is 0 Å². The molecule has 5 nitrogen and oxygen atoms in total. The molecule has 0 radical (unpaired) electrons. The Morgan fingerprint density at radius 2 is 1.81 bits per heavy atom. The predicted octanol–water partition coefficient (Wildman–Crippen LogP) is 2.33. The highest BCUT2D eigenvalue weighted by molar-refractivity contribution is 7.86. The van der Waals surface area contributed by atoms with E-state index in [1.807, 2.05) is 24.3 Å². The topological polar surface area (TPSA) is 86.2 Å². The smallest absolute Gasteiger partial charge is 0.285 e. The fourth-order valence-electron chi connectivity index (χ4n) is 2.74. The number of para-hydroxylation sites is 1. The van der Waals surface area contributed by atoms with Gasteiger partial charge in [-0.25, -0.2) is 0 Å². The molecular weight excluding hydrogens is 288 g/mol. The van der Waals surface area contributed by atoms with Gasteiger partial charge in [-0.05, 0) is 23.6 Å². The van der Waals surface area contributed by atoms with E-state index in [4.69, 9.17) is 5.73 Å². The number of benzene rings is 2. The van der Waals surface area contributed by atoms with E-state index >= 15 is 0 Å². The molecule has 1 aliphatic carbocycles. The van der Waals surface area contributed by atoms with Crippen LogP contribution in [0.3, 0.4) is 0 Å². The van der Waals surface area contributed by atoms with Gasteiger partial charge in [0.05, 0.1) is 21.0 Å². The van der Waals surface area contributed by atoms with Crippen molar-refractivity contribution in [2.24, 2.45) is 5.73 Å². The van der Waals surface area contributed by atoms with Crippen molar-refractivity contribution in [3.05, 3.63) is 69.8 Å². The Morgan fingerprint density at radius 1 is 1.14 bits per heavy atom. The van der Waals surface area contributed by atoms with Crippen LogP contribution in [0.2, 0.25) is 0 Å². The van der Waals surface area contributed by atoms with E-state index in [2.05, 4.69) is 0 Å². The number of rotatable bonds is 3. The molecule has 3 atom stereocenters. The van der Waals surface area contributed by atoms with Crippen molar-refractivity contribution in [1.82, 2.24) is 0 Å². The van der Waals surface area contributed by atoms with E-state index < -0.39 is 15.7 Å². The Morgan fingerprint density at radius 3 is 2.52 bits per heavy atom. The number of hydrogen-bond donors (Lipinski definition) is 1. The van der Waals surface area contributed by atoms with Crippen LogP contribution >= 0.6 is 0 Å². The summed E-state index contributed by atoms with van der Waals surface area (Å²) in [5.74, 6) is 0. The average Bonchev–Trinajstić information content (AvgIpc) is 2.84. The normalized spacial score (nSPS) is 21.8. The molecule has 0 saturated carbocycles. The first-order chi connectivity index (χ1) is 10.1. The third kappa shape index (κ3) is 2.36. The molecule has 0 saturated heterocycles. The van der Waals surface area contributed by atoms with Gasteiger partial charge in [-0.1, -0.05) is 36.4 Å². The summed E-state index contributed by atoms with van der Waals surface area (Å²) in [4.78, 5) is 10.8. The molecule has 0 fully saturated rings. The largest absolute Gasteiger partial charge is 0.323 e. The Labute approximate surface area is 124 Å². The number of nitrogens with zero attached hydrogens (tertiary/aromatic N) is 1. The Kier molecular flexibility index (Phi) is 3.57. The lowest BCUT2D eigenvalue weighted by Crippen LogP contribution is -2.27. The van der Waals surface area contributed by atoms with Crippen molar-refractivity contribution in [2.75, 3.05) is 0 Å². The minimum atomic E-state index is -1.51. The van der Waals surface area contributed by atoms with Crippen LogP contribution in [0.5, 0.6) is 0 Å². The third-order valence-electron chi connectivity index (χ3n) is 3.79. The van der Waals surface area contributed by atoms with Crippen LogP contribution in [-0.4, -0.2) is 14.4 Å². The molecule has 3 rings (SSSR count). The van der Waals surface area contributed by atoms with Crippen LogP contribution in [0, 0.1) is 10.1 Å². The van der Waals surface area contributed by atoms with Crippen LogP contribution in [-0.2, 0) is 17.2 Å². The summed E-state index contributed by atoms with van der Waals surface area (Å²) >= 11 is 0. The minimum Gasteiger partial charge on any atom is -0.323 e. The molecule has 0 aromatic heterocycles. The van der Waals surface area contributed by atoms with E-state index in [-0.39, 0.29) is 21.9 Å². The van der Waals surface area contributed by atoms with E-state index in [1.54, 1.807) is 18.2 Å². The highest BCUT2D eigenvalue weighted by atomic mass is 32.2. The number of hydrogen-bond acceptors (Lipinski definition) is 4. The Balaban J connectivity index is 1.97. The van der Waals surface area contributed by atoms with Crippen molar-refractivity contribution in [3.8, 4) is 0 Å². The molecule has 108 valence electrons. The van der Waals surface area contributed by atoms with Crippen LogP contribution in [0.4, 0.5) is 5.69 Å². The predicted molar refractivity (Wildman–Crippen MR) is 80.4 cm³/mol. The van der Waals surface area contributed by atoms with E-state index in [9.17, 15) is 14.3 Å². The summed E-state index contributed by atoms with van der Waals surface area (Å²) in [6, 6.07) is 13.5. The maximum absolute atomic E-state index is 12.8. The molecular formula is C15H14N2O3S. The first-order valence-corrected chi connectivity index (χ1v) is 7.78. The molecule has 2 N–H and O–H groups in total. The summed E-state index contributed by atoms with van der Waals surface area (Å²) in [6.07, 6.45) is 0.579. The zero-order valence-electron chi connectivity index (χ0n) is 11.1. The highest BCUT2D eigenvalue weighted by Crippen LogP contribution is 2.36. The molecule has 0 spiro atoms. The number of fused-ring (bicyclic) bond motifs is 1. The second-order valence-electron chi connectivity index (χ2n) is 4.99. The first kappa shape index (κ1) is 13.9. The molecule has 3 unspecified atom stereocenters. The van der Waals surface area contributed by atoms with Crippen molar-refractivity contribution >= 4 is 16.5 Å². The fourth-order valence-corrected chi connectivity index (χ4v) is 4.37. The lowest BCUT2D eigenvalue weighted by molar-refractivity contribution is -0.387. The van der Waals surface area contributed by atoms with Gasteiger partial charge in [-0.2, -0.15) is 0 Å². The SMILES string of the molecule is NC1c2ccccc2CC1S(=O)c1ccccc1[N+](=O)[O-]. The standard InChI is InChI=1S/C15H14N2O3S/c16-15-11-6-2-1-5-10(11)9-14(15)21(20)13-8-4-3-7-12(13)17(18)19/h1-8,14-15H,9,16H2. The molecule has 2 aromatic carbocycles. The molecule has 0 aliphatic heterocycles. The molecule has 0 heterocycles. The van der Waals surface area contributed by atoms with Crippen LogP contribution < -0.4 is 5.73 Å². The van der Waals surface area contributed by atoms with Crippen molar-refractivity contribution < 1.29 is 9.13 Å². The second kappa shape index (κ2) is 5.38. The van der Waals surface area contributed by atoms with Gasteiger partial charge in [0.1, 0.15) is 4.90 Å². The van der Waals surface area contributed by atoms with Gasteiger partial charge in [-0.15, -0.1) is 0 Å². The lowest BCUT2D eigenvalue weighted by atomic mass is 10.1. The van der Waals surface area contributed by atoms with Gasteiger partial charge < -0.3 is 5.73 Å². The quantitative estimate of drug-likeness (QED) is 0.696. The number of nitrogens with two attached hydrogens (primary N) is 1. The van der Waals surface area contributed by atoms with Gasteiger partial charge >= 0.3 is 0 Å². The van der Waals surface area contributed by atoms with Crippen LogP contribution in [0.1, 0.15) is 17.2 Å². The zero-order chi connectivity index (χ0) is 15.0. The van der Waals surface area contributed by atoms with Crippen molar-refractivity contribution in [1.29, 1.82) is 0 Å². The maximum Gasteiger partial charge on any atom is 0.285 e. The van der Waals surface area contributed by atoms with Crippen LogP contribution in [0.25, 0.3) is 0 Å². The fraction of sp³-hybridized carbons (Fsp3) is 0.200. The Bertz CT molecular complexity index is 732. The maximum atomic E-state index is 12.8. The first-order valence-electron chi connectivity index (χ1n) is 6.57. The zero-order valence-corrected chi connectivity index (χ0v) is 12.0. The summed E-state index contributed by atoms with van der Waals surface area (Å²) in [7, 11) is -1.51. The van der Waals surface area contributed by atoms with Gasteiger partial charge in [0, 0.05) is 12.1 Å². The van der Waals surface area contributed by atoms with Crippen LogP contribution in [0.15, 0.2) is 53.4 Å². The lowest BCUT2D eigenvalue weighted by Gasteiger charge is -2.15. The van der Waals surface area contributed by atoms with E-state index in [1.165, 1.54) is 6.07 Å². The van der Waals surface area contributed by atoms with Gasteiger partial charge in [-0.3, -0.25) is 14.3 Å². The number of nitro groups is 1. The van der Waals surface area contributed by atoms with E-state index in [0.29, 0.717) is 6.42 Å². The monoisotopic (exact) mass is 302 g/mol. The Hall–Kier alpha value is -2.05. The molecule has 0 amide bonds. The molecule has 21 heavy (non-hydrogen) atoms. The third-order valence-corrected chi connectivity index (χ3v) is 5.58. The summed E-state index contributed by atoms with van der Waals surface area (Å²) < 4.78 is 12.8. The highest BCUT2D eigenvalue weighted by Gasteiger charge is 2.36. The van der Waals surface area contributed by atoms with Gasteiger partial charge in [0.25, 0.3) is 5.69 Å². The van der Waals surface area contributed by atoms with Crippen molar-refractivity contribution in [3.63, 3.8) is 0 Å². The molecule has 0 bridgehead atoms. The summed E-state index contributed by atoms with van der Waals surface area (Å²) in [5, 5.41) is 10.8. The summed E-state index contributed by atoms with van der Waals surface area (Å²) in [6.45, 7) is 0. The number of nitro benzene ring substituents is 1. The van der Waals surface area contributed by atoms with E-state index in [0.717, 1.165) is 11.1 Å². The van der Waals surface area contributed by atoms with Gasteiger partial charge in [0.2, 0.25) is 0 Å². The molecule has 6 heteroatoms.